The lowest BCUT2D eigenvalue weighted by atomic mass is 9.77. The zero-order valence-electron chi connectivity index (χ0n) is 35.8. The average molecular weight is 970 g/mol. The Bertz CT molecular complexity index is 2980. The number of amides is 2. The number of methoxy groups -OCH3 is 1. The van der Waals surface area contributed by atoms with Crippen molar-refractivity contribution < 1.29 is 33.1 Å². The first-order valence-electron chi connectivity index (χ1n) is 20.8. The number of hydrogen-bond acceptors (Lipinski definition) is 14. The Labute approximate surface area is 400 Å². The Kier molecular flexibility index (Phi) is 13.5. The number of aromatic nitrogens is 1. The summed E-state index contributed by atoms with van der Waals surface area (Å²) in [6.45, 7) is -0.0743. The fraction of sp³-hybridized carbons (Fsp3) is 0.160. The van der Waals surface area contributed by atoms with E-state index in [1.165, 1.54) is 82.5 Å². The third kappa shape index (κ3) is 9.32. The molecule has 0 spiro atoms. The van der Waals surface area contributed by atoms with Crippen molar-refractivity contribution in [2.45, 2.75) is 27.8 Å². The van der Waals surface area contributed by atoms with Crippen molar-refractivity contribution in [1.82, 2.24) is 15.2 Å². The second kappa shape index (κ2) is 20.0. The van der Waals surface area contributed by atoms with E-state index >= 15 is 0 Å². The van der Waals surface area contributed by atoms with Crippen LogP contribution in [0, 0.1) is 5.82 Å². The van der Waals surface area contributed by atoms with Gasteiger partial charge in [0.25, 0.3) is 11.8 Å². The van der Waals surface area contributed by atoms with Crippen LogP contribution in [0.15, 0.2) is 170 Å². The lowest BCUT2D eigenvalue weighted by molar-refractivity contribution is -0.153. The number of anilines is 1. The van der Waals surface area contributed by atoms with Crippen LogP contribution in [0.1, 0.15) is 27.9 Å². The van der Waals surface area contributed by atoms with E-state index in [2.05, 4.69) is 52.2 Å². The van der Waals surface area contributed by atoms with E-state index in [0.29, 0.717) is 42.1 Å². The first kappa shape index (κ1) is 45.4. The van der Waals surface area contributed by atoms with Crippen LogP contribution in [-0.4, -0.2) is 70.5 Å². The van der Waals surface area contributed by atoms with Gasteiger partial charge in [-0.25, -0.2) is 14.2 Å². The van der Waals surface area contributed by atoms with E-state index in [0.717, 1.165) is 16.7 Å². The number of nitrogens with one attached hydrogen (secondary N) is 2. The van der Waals surface area contributed by atoms with Crippen molar-refractivity contribution in [3.05, 3.63) is 200 Å². The maximum absolute atomic E-state index is 14.2. The van der Waals surface area contributed by atoms with Gasteiger partial charge in [-0.05, 0) is 58.2 Å². The second-order valence-corrected chi connectivity index (χ2v) is 19.6. The molecule has 12 nitrogen and oxygen atoms in total. The Hall–Kier alpha value is -6.79. The molecule has 7 aromatic rings. The summed E-state index contributed by atoms with van der Waals surface area (Å²) >= 11 is 5.23. The summed E-state index contributed by atoms with van der Waals surface area (Å²) in [5.41, 5.74) is 3.21. The van der Waals surface area contributed by atoms with Gasteiger partial charge < -0.3 is 24.9 Å². The maximum atomic E-state index is 14.2. The van der Waals surface area contributed by atoms with Gasteiger partial charge in [0, 0.05) is 33.0 Å². The number of fused-ring (bicyclic) bond motifs is 2. The molecular weight excluding hydrogens is 930 g/mol. The largest absolute Gasteiger partial charge is 0.497 e. The Balaban J connectivity index is 0.964. The van der Waals surface area contributed by atoms with Gasteiger partial charge >= 0.3 is 5.97 Å². The predicted molar refractivity (Wildman–Crippen MR) is 262 cm³/mol. The molecule has 17 heteroatoms. The minimum Gasteiger partial charge on any atom is -0.497 e. The summed E-state index contributed by atoms with van der Waals surface area (Å²) in [5, 5.41) is 12.6. The Morgan fingerprint density at radius 1 is 0.881 bits per heavy atom. The van der Waals surface area contributed by atoms with Gasteiger partial charge in [-0.15, -0.1) is 46.2 Å². The van der Waals surface area contributed by atoms with Crippen LogP contribution >= 0.6 is 46.2 Å². The standard InChI is InChI=1S/C50H40FN5O7S4/c1-61-36-21-18-30(19-22-36)26-63-48(60)44-31(27-64-41-25-39(57)37-23-20-35(51)24-40(37)67-41)28-65-47-43(46(59)56(44)47)53-45(58)42(55-62-2)38-29-66-49(52-38)54-50(32-12-6-3-7-13-32,33-14-8-4-9-15-33)34-16-10-5-11-17-34/h3-25,29,43,47H,26-28H2,1-2H3,(H,52,54)(H,53,58)/b55-42-/t43?,47-/m0/s1. The van der Waals surface area contributed by atoms with Crippen LogP contribution in [0.3, 0.4) is 0 Å². The van der Waals surface area contributed by atoms with Gasteiger partial charge in [-0.2, -0.15) is 0 Å². The van der Waals surface area contributed by atoms with Crippen molar-refractivity contribution in [3.8, 4) is 5.75 Å². The summed E-state index contributed by atoms with van der Waals surface area (Å²) in [6, 6.07) is 41.6. The van der Waals surface area contributed by atoms with Gasteiger partial charge in [-0.3, -0.25) is 19.3 Å². The number of halogens is 1. The monoisotopic (exact) mass is 969 g/mol. The van der Waals surface area contributed by atoms with Crippen molar-refractivity contribution >= 4 is 84.9 Å². The molecule has 0 bridgehead atoms. The summed E-state index contributed by atoms with van der Waals surface area (Å²) < 4.78 is 26.3. The smallest absolute Gasteiger partial charge is 0.355 e. The molecule has 4 heterocycles. The fourth-order valence-corrected chi connectivity index (χ4v) is 12.4. The Morgan fingerprint density at radius 3 is 2.16 bits per heavy atom. The minimum absolute atomic E-state index is 0.0687. The number of ether oxygens (including phenoxy) is 2. The highest BCUT2D eigenvalue weighted by atomic mass is 32.2. The number of rotatable bonds is 16. The lowest BCUT2D eigenvalue weighted by Crippen LogP contribution is -2.71. The van der Waals surface area contributed by atoms with E-state index in [9.17, 15) is 23.6 Å². The van der Waals surface area contributed by atoms with E-state index in [1.807, 2.05) is 54.6 Å². The molecule has 2 N–H and O–H groups in total. The normalized spacial score (nSPS) is 16.0. The van der Waals surface area contributed by atoms with Crippen molar-refractivity contribution in [2.75, 3.05) is 31.0 Å². The van der Waals surface area contributed by atoms with E-state index in [-0.39, 0.29) is 34.9 Å². The molecule has 0 aliphatic carbocycles. The van der Waals surface area contributed by atoms with Crippen LogP contribution in [0.5, 0.6) is 5.75 Å². The van der Waals surface area contributed by atoms with Crippen LogP contribution < -0.4 is 20.8 Å². The average Bonchev–Trinajstić information content (AvgIpc) is 3.83. The van der Waals surface area contributed by atoms with Gasteiger partial charge in [0.2, 0.25) is 0 Å². The van der Waals surface area contributed by atoms with Gasteiger partial charge in [0.05, 0.1) is 11.3 Å². The molecule has 0 radical (unpaired) electrons. The molecule has 9 rings (SSSR count). The van der Waals surface area contributed by atoms with E-state index in [4.69, 9.17) is 19.3 Å². The van der Waals surface area contributed by atoms with Crippen LogP contribution in [0.4, 0.5) is 9.52 Å². The van der Waals surface area contributed by atoms with Crippen molar-refractivity contribution in [3.63, 3.8) is 0 Å². The van der Waals surface area contributed by atoms with Crippen LogP contribution in [-0.2, 0) is 36.1 Å². The maximum Gasteiger partial charge on any atom is 0.355 e. The molecule has 2 atom stereocenters. The molecule has 338 valence electrons. The second-order valence-electron chi connectivity index (χ2n) is 15.2. The third-order valence-electron chi connectivity index (χ3n) is 11.2. The molecule has 1 saturated heterocycles. The van der Waals surface area contributed by atoms with Gasteiger partial charge in [0.1, 0.15) is 53.6 Å². The number of carbonyl (C=O) groups excluding carboxylic acids is 3. The van der Waals surface area contributed by atoms with Crippen LogP contribution in [0.25, 0.3) is 10.1 Å². The topological polar surface area (TPSA) is 149 Å². The Morgan fingerprint density at radius 2 is 1.54 bits per heavy atom. The highest BCUT2D eigenvalue weighted by Gasteiger charge is 2.55. The highest BCUT2D eigenvalue weighted by Crippen LogP contribution is 2.44. The van der Waals surface area contributed by atoms with Crippen molar-refractivity contribution in [2.24, 2.45) is 5.16 Å². The number of carbonyl (C=O) groups is 3. The van der Waals surface area contributed by atoms with Gasteiger partial charge in [0.15, 0.2) is 16.3 Å². The number of β-lactam (4-membered cyclic amide) rings is 1. The summed E-state index contributed by atoms with van der Waals surface area (Å²) in [6.07, 6.45) is 0. The van der Waals surface area contributed by atoms with E-state index in [1.54, 1.807) is 36.8 Å². The van der Waals surface area contributed by atoms with Crippen molar-refractivity contribution in [1.29, 1.82) is 0 Å². The third-order valence-corrected chi connectivity index (χ3v) is 15.6. The quantitative estimate of drug-likeness (QED) is 0.0239. The molecule has 2 amide bonds. The van der Waals surface area contributed by atoms with E-state index < -0.39 is 40.6 Å². The molecular formula is C50H40FN5O7S4. The predicted octanol–water partition coefficient (Wildman–Crippen LogP) is 8.81. The fourth-order valence-electron chi connectivity index (χ4n) is 7.94. The lowest BCUT2D eigenvalue weighted by Gasteiger charge is -2.49. The number of benzene rings is 5. The molecule has 1 unspecified atom stereocenters. The van der Waals surface area contributed by atoms with Gasteiger partial charge in [-0.1, -0.05) is 108 Å². The SMILES string of the molecule is CO/N=C(\C(=O)NC1C(=O)N2C(C(=O)OCc3ccc(OC)cc3)=C(CSc3cc(=O)c4ccc(F)cc4s3)CS[C@@H]12)c1csc(NC(c2ccccc2)(c2ccccc2)c2ccccc2)n1. The summed E-state index contributed by atoms with van der Waals surface area (Å²) in [7, 11) is 2.88. The zero-order chi connectivity index (χ0) is 46.5. The number of esters is 1. The summed E-state index contributed by atoms with van der Waals surface area (Å²) in [4.78, 5) is 66.7. The molecule has 67 heavy (non-hydrogen) atoms. The number of thiazole rings is 1. The van der Waals surface area contributed by atoms with Crippen LogP contribution in [0.2, 0.25) is 0 Å². The first-order chi connectivity index (χ1) is 32.7. The molecule has 2 aromatic heterocycles. The highest BCUT2D eigenvalue weighted by molar-refractivity contribution is 8.02. The molecule has 1 fully saturated rings. The molecule has 5 aromatic carbocycles. The molecule has 0 saturated carbocycles. The number of oxime groups is 1. The minimum atomic E-state index is -1.03. The number of thioether (sulfide) groups is 2. The molecule has 2 aliphatic rings. The molecule has 2 aliphatic heterocycles. The zero-order valence-corrected chi connectivity index (χ0v) is 39.1. The number of nitrogens with zero attached hydrogens (tertiary/aromatic N) is 3. The first-order valence-corrected chi connectivity index (χ1v) is 24.6. The summed E-state index contributed by atoms with van der Waals surface area (Å²) in [5.74, 6) is -1.21. The number of hydrogen-bond donors (Lipinski definition) is 2.